The quantitative estimate of drug-likeness (QED) is 0.605. The fourth-order valence-corrected chi connectivity index (χ4v) is 2.83. The van der Waals surface area contributed by atoms with Crippen LogP contribution in [-0.4, -0.2) is 16.2 Å². The Balaban J connectivity index is 2.97. The Morgan fingerprint density at radius 3 is 1.95 bits per heavy atom. The molecule has 0 fully saturated rings. The molecule has 1 rings (SSSR count). The topological polar surface area (TPSA) is 66.8 Å². The summed E-state index contributed by atoms with van der Waals surface area (Å²) < 4.78 is 16.8. The number of hydrogen-bond acceptors (Lipinski definition) is 3. The van der Waals surface area contributed by atoms with Crippen molar-refractivity contribution in [1.29, 1.82) is 0 Å². The van der Waals surface area contributed by atoms with Crippen LogP contribution in [0.25, 0.3) is 0 Å². The Morgan fingerprint density at radius 2 is 1.55 bits per heavy atom. The van der Waals surface area contributed by atoms with Crippen LogP contribution in [0.2, 0.25) is 0 Å². The van der Waals surface area contributed by atoms with Gasteiger partial charge in [-0.15, -0.1) is 0 Å². The van der Waals surface area contributed by atoms with Crippen LogP contribution >= 0.6 is 7.60 Å². The van der Waals surface area contributed by atoms with Crippen LogP contribution in [0.5, 0.6) is 5.75 Å². The van der Waals surface area contributed by atoms with Gasteiger partial charge >= 0.3 is 7.60 Å². The lowest BCUT2D eigenvalue weighted by Crippen LogP contribution is -1.99. The van der Waals surface area contributed by atoms with Gasteiger partial charge in [-0.05, 0) is 54.5 Å². The first kappa shape index (κ1) is 19.2. The Hall–Kier alpha value is -0.830. The molecule has 22 heavy (non-hydrogen) atoms. The summed E-state index contributed by atoms with van der Waals surface area (Å²) in [6.45, 7) is 5.98. The van der Waals surface area contributed by atoms with Crippen molar-refractivity contribution in [3.63, 3.8) is 0 Å². The van der Waals surface area contributed by atoms with Crippen LogP contribution in [0.4, 0.5) is 0 Å². The van der Waals surface area contributed by atoms with Gasteiger partial charge in [-0.1, -0.05) is 33.6 Å². The lowest BCUT2D eigenvalue weighted by Gasteiger charge is -2.15. The van der Waals surface area contributed by atoms with Crippen LogP contribution in [0.1, 0.15) is 63.1 Å². The van der Waals surface area contributed by atoms with Crippen LogP contribution in [0, 0.1) is 0 Å². The normalized spacial score (nSPS) is 14.0. The van der Waals surface area contributed by atoms with Crippen molar-refractivity contribution in [1.82, 2.24) is 0 Å². The van der Waals surface area contributed by atoms with E-state index in [4.69, 9.17) is 4.52 Å². The third-order valence-corrected chi connectivity index (χ3v) is 5.09. The van der Waals surface area contributed by atoms with Crippen molar-refractivity contribution < 1.29 is 19.1 Å². The van der Waals surface area contributed by atoms with E-state index >= 15 is 0 Å². The van der Waals surface area contributed by atoms with Gasteiger partial charge in [0.1, 0.15) is 5.75 Å². The van der Waals surface area contributed by atoms with Crippen LogP contribution < -0.4 is 0 Å². The van der Waals surface area contributed by atoms with Crippen molar-refractivity contribution in [2.75, 3.05) is 6.16 Å². The second kappa shape index (κ2) is 9.34. The zero-order valence-electron chi connectivity index (χ0n) is 14.0. The zero-order valence-corrected chi connectivity index (χ0v) is 14.9. The Bertz CT molecular complexity index is 484. The summed E-state index contributed by atoms with van der Waals surface area (Å²) in [4.78, 5) is 9.54. The third kappa shape index (κ3) is 6.12. The van der Waals surface area contributed by atoms with Crippen molar-refractivity contribution in [2.45, 2.75) is 65.9 Å². The summed E-state index contributed by atoms with van der Waals surface area (Å²) >= 11 is 0. The molecule has 0 radical (unpaired) electrons. The average molecular weight is 328 g/mol. The monoisotopic (exact) mass is 328 g/mol. The molecule has 0 aromatic heterocycles. The van der Waals surface area contributed by atoms with Gasteiger partial charge in [-0.2, -0.15) is 0 Å². The summed E-state index contributed by atoms with van der Waals surface area (Å²) in [5.74, 6) is 0.383. The van der Waals surface area contributed by atoms with Crippen molar-refractivity contribution >= 4 is 7.60 Å². The molecule has 4 nitrogen and oxygen atoms in total. The highest BCUT2D eigenvalue weighted by atomic mass is 31.2. The molecule has 0 saturated heterocycles. The maximum absolute atomic E-state index is 11.6. The fraction of sp³-hybridized carbons (Fsp3) is 0.647. The molecule has 2 N–H and O–H groups in total. The highest BCUT2D eigenvalue weighted by Gasteiger charge is 2.17. The van der Waals surface area contributed by atoms with Gasteiger partial charge in [0.05, 0.1) is 6.61 Å². The maximum Gasteiger partial charge on any atom is 0.328 e. The minimum absolute atomic E-state index is 0.108. The lowest BCUT2D eigenvalue weighted by atomic mass is 9.97. The molecule has 1 aromatic carbocycles. The molecule has 1 unspecified atom stereocenters. The summed E-state index contributed by atoms with van der Waals surface area (Å²) in [6, 6.07) is 3.80. The van der Waals surface area contributed by atoms with E-state index < -0.39 is 7.60 Å². The standard InChI is InChI=1S/C17H29O4P/c1-4-7-9-15-11-14(13-21-22(19,20)6-3)12-16(17(15)18)10-8-5-2/h11-12,18H,4-10,13H2,1-3H3,(H,19,20). The van der Waals surface area contributed by atoms with Gasteiger partial charge in [-0.3, -0.25) is 4.57 Å². The summed E-state index contributed by atoms with van der Waals surface area (Å²) in [5, 5.41) is 10.4. The molecule has 1 atom stereocenters. The summed E-state index contributed by atoms with van der Waals surface area (Å²) in [5.41, 5.74) is 2.69. The highest BCUT2D eigenvalue weighted by molar-refractivity contribution is 7.52. The van der Waals surface area contributed by atoms with Gasteiger partial charge in [-0.25, -0.2) is 0 Å². The number of unbranched alkanes of at least 4 members (excludes halogenated alkanes) is 2. The second-order valence-corrected chi connectivity index (χ2v) is 7.86. The number of phenolic OH excluding ortho intramolecular Hbond substituents is 1. The molecule has 0 aliphatic rings. The minimum Gasteiger partial charge on any atom is -0.507 e. The van der Waals surface area contributed by atoms with Crippen molar-refractivity contribution in [3.05, 3.63) is 28.8 Å². The highest BCUT2D eigenvalue weighted by Crippen LogP contribution is 2.42. The number of aryl methyl sites for hydroxylation is 2. The summed E-state index contributed by atoms with van der Waals surface area (Å²) in [7, 11) is -3.49. The number of aromatic hydroxyl groups is 1. The molecular weight excluding hydrogens is 299 g/mol. The largest absolute Gasteiger partial charge is 0.507 e. The smallest absolute Gasteiger partial charge is 0.328 e. The molecule has 5 heteroatoms. The second-order valence-electron chi connectivity index (χ2n) is 5.70. The Labute approximate surface area is 134 Å². The van der Waals surface area contributed by atoms with Crippen LogP contribution in [0.15, 0.2) is 12.1 Å². The van der Waals surface area contributed by atoms with Crippen molar-refractivity contribution in [2.24, 2.45) is 0 Å². The number of benzene rings is 1. The van der Waals surface area contributed by atoms with E-state index in [0.717, 1.165) is 55.2 Å². The zero-order chi connectivity index (χ0) is 16.6. The van der Waals surface area contributed by atoms with Gasteiger partial charge in [0, 0.05) is 6.16 Å². The molecular formula is C17H29O4P. The molecule has 0 aliphatic heterocycles. The Morgan fingerprint density at radius 1 is 1.05 bits per heavy atom. The van der Waals surface area contributed by atoms with E-state index in [0.29, 0.717) is 5.75 Å². The number of rotatable bonds is 10. The first-order valence-corrected chi connectivity index (χ1v) is 9.99. The fourth-order valence-electron chi connectivity index (χ4n) is 2.30. The number of hydrogen-bond donors (Lipinski definition) is 2. The first-order chi connectivity index (χ1) is 10.4. The van der Waals surface area contributed by atoms with Gasteiger partial charge in [0.15, 0.2) is 0 Å². The molecule has 126 valence electrons. The molecule has 0 spiro atoms. The molecule has 0 amide bonds. The van der Waals surface area contributed by atoms with E-state index in [1.807, 2.05) is 12.1 Å². The maximum atomic E-state index is 11.6. The van der Waals surface area contributed by atoms with Crippen LogP contribution in [-0.2, 0) is 28.5 Å². The van der Waals surface area contributed by atoms with Gasteiger partial charge in [0.25, 0.3) is 0 Å². The average Bonchev–Trinajstić information content (AvgIpc) is 2.51. The molecule has 0 bridgehead atoms. The molecule has 0 heterocycles. The van der Waals surface area contributed by atoms with E-state index in [1.54, 1.807) is 6.92 Å². The Kier molecular flexibility index (Phi) is 8.16. The SMILES string of the molecule is CCCCc1cc(COP(=O)(O)CC)cc(CCCC)c1O. The van der Waals surface area contributed by atoms with E-state index in [-0.39, 0.29) is 12.8 Å². The molecule has 0 aliphatic carbocycles. The van der Waals surface area contributed by atoms with E-state index in [9.17, 15) is 14.6 Å². The van der Waals surface area contributed by atoms with Crippen molar-refractivity contribution in [3.8, 4) is 5.75 Å². The predicted octanol–water partition coefficient (Wildman–Crippen LogP) is 4.80. The minimum atomic E-state index is -3.49. The predicted molar refractivity (Wildman–Crippen MR) is 90.5 cm³/mol. The number of phenols is 1. The van der Waals surface area contributed by atoms with Gasteiger partial charge < -0.3 is 14.5 Å². The van der Waals surface area contributed by atoms with Crippen LogP contribution in [0.3, 0.4) is 0 Å². The molecule has 1 aromatic rings. The summed E-state index contributed by atoms with van der Waals surface area (Å²) in [6.07, 6.45) is 5.89. The lowest BCUT2D eigenvalue weighted by molar-refractivity contribution is 0.251. The first-order valence-electron chi connectivity index (χ1n) is 8.23. The third-order valence-electron chi connectivity index (χ3n) is 3.76. The van der Waals surface area contributed by atoms with Gasteiger partial charge in [0.2, 0.25) is 0 Å². The van der Waals surface area contributed by atoms with E-state index in [1.165, 1.54) is 0 Å². The molecule has 0 saturated carbocycles. The van der Waals surface area contributed by atoms with E-state index in [2.05, 4.69) is 13.8 Å².